The van der Waals surface area contributed by atoms with Gasteiger partial charge < -0.3 is 20.3 Å². The van der Waals surface area contributed by atoms with E-state index in [-0.39, 0.29) is 24.9 Å². The maximum Gasteiger partial charge on any atom is 0.314 e. The average molecular weight is 342 g/mol. The second-order valence-electron chi connectivity index (χ2n) is 5.75. The summed E-state index contributed by atoms with van der Waals surface area (Å²) in [5.41, 5.74) is 0. The number of nitrogens with zero attached hydrogens (tertiary/aromatic N) is 2. The first-order chi connectivity index (χ1) is 11.5. The Morgan fingerprint density at radius 2 is 1.83 bits per heavy atom. The smallest absolute Gasteiger partial charge is 0.314 e. The van der Waals surface area contributed by atoms with Crippen molar-refractivity contribution in [3.05, 3.63) is 29.8 Å². The summed E-state index contributed by atoms with van der Waals surface area (Å²) in [6.45, 7) is 5.99. The molecule has 1 aromatic rings. The molecule has 0 unspecified atom stereocenters. The summed E-state index contributed by atoms with van der Waals surface area (Å²) in [6.07, 6.45) is 0. The van der Waals surface area contributed by atoms with Gasteiger partial charge in [-0.15, -0.1) is 0 Å². The quantitative estimate of drug-likeness (QED) is 0.723. The highest BCUT2D eigenvalue weighted by molar-refractivity contribution is 5.73. The maximum atomic E-state index is 13.0. The molecule has 2 rings (SSSR count). The number of rotatable bonds is 7. The predicted molar refractivity (Wildman–Crippen MR) is 87.2 cm³/mol. The molecule has 0 aliphatic carbocycles. The zero-order valence-corrected chi connectivity index (χ0v) is 13.9. The van der Waals surface area contributed by atoms with Crippen LogP contribution in [0.15, 0.2) is 18.2 Å². The standard InChI is InChI=1S/C16H24F2N4O2/c1-21-7-9-22(10-8-21)6-4-19-16(23)20-5-11-24-13-2-3-14(17)15(18)12-13/h2-3,12H,4-11H2,1H3,(H2,19,20,23). The van der Waals surface area contributed by atoms with E-state index in [1.54, 1.807) is 0 Å². The fourth-order valence-electron chi connectivity index (χ4n) is 2.36. The average Bonchev–Trinajstić information content (AvgIpc) is 2.56. The van der Waals surface area contributed by atoms with Crippen LogP contribution in [0.4, 0.5) is 13.6 Å². The topological polar surface area (TPSA) is 56.8 Å². The molecule has 1 heterocycles. The van der Waals surface area contributed by atoms with Crippen LogP contribution in [0.2, 0.25) is 0 Å². The molecule has 0 bridgehead atoms. The Hall–Kier alpha value is -1.93. The minimum Gasteiger partial charge on any atom is -0.492 e. The molecule has 1 aliphatic heterocycles. The highest BCUT2D eigenvalue weighted by Gasteiger charge is 2.13. The Kier molecular flexibility index (Phi) is 7.20. The molecule has 0 atom stereocenters. The number of likely N-dealkylation sites (N-methyl/N-ethyl adjacent to an activating group) is 1. The van der Waals surface area contributed by atoms with Crippen LogP contribution in [-0.2, 0) is 0 Å². The van der Waals surface area contributed by atoms with Gasteiger partial charge in [0, 0.05) is 45.3 Å². The van der Waals surface area contributed by atoms with E-state index >= 15 is 0 Å². The molecule has 134 valence electrons. The third-order valence-electron chi connectivity index (χ3n) is 3.86. The first-order valence-electron chi connectivity index (χ1n) is 8.05. The molecule has 1 aromatic carbocycles. The summed E-state index contributed by atoms with van der Waals surface area (Å²) in [5.74, 6) is -1.64. The molecule has 24 heavy (non-hydrogen) atoms. The van der Waals surface area contributed by atoms with Crippen LogP contribution >= 0.6 is 0 Å². The number of hydrogen-bond donors (Lipinski definition) is 2. The second kappa shape index (κ2) is 9.39. The van der Waals surface area contributed by atoms with Crippen molar-refractivity contribution in [2.75, 3.05) is 59.5 Å². The Balaban J connectivity index is 1.52. The minimum atomic E-state index is -0.956. The number of carbonyl (C=O) groups is 1. The monoisotopic (exact) mass is 342 g/mol. The zero-order valence-electron chi connectivity index (χ0n) is 13.9. The molecule has 8 heteroatoms. The van der Waals surface area contributed by atoms with Crippen molar-refractivity contribution < 1.29 is 18.3 Å². The Morgan fingerprint density at radius 1 is 1.12 bits per heavy atom. The first kappa shape index (κ1) is 18.4. The van der Waals surface area contributed by atoms with Crippen LogP contribution in [0.3, 0.4) is 0 Å². The summed E-state index contributed by atoms with van der Waals surface area (Å²) in [4.78, 5) is 16.2. The second-order valence-corrected chi connectivity index (χ2v) is 5.75. The molecular weight excluding hydrogens is 318 g/mol. The van der Waals surface area contributed by atoms with Crippen molar-refractivity contribution in [2.45, 2.75) is 0 Å². The molecule has 1 aliphatic rings. The third kappa shape index (κ3) is 6.29. The number of halogens is 2. The van der Waals surface area contributed by atoms with Gasteiger partial charge in [-0.25, -0.2) is 13.6 Å². The zero-order chi connectivity index (χ0) is 17.4. The number of carbonyl (C=O) groups excluding carboxylic acids is 1. The number of benzene rings is 1. The van der Waals surface area contributed by atoms with Gasteiger partial charge in [-0.05, 0) is 19.2 Å². The van der Waals surface area contributed by atoms with Crippen LogP contribution in [0.5, 0.6) is 5.75 Å². The Bertz CT molecular complexity index is 537. The van der Waals surface area contributed by atoms with E-state index < -0.39 is 11.6 Å². The van der Waals surface area contributed by atoms with Crippen molar-refractivity contribution in [3.8, 4) is 5.75 Å². The van der Waals surface area contributed by atoms with Crippen LogP contribution in [0.25, 0.3) is 0 Å². The summed E-state index contributed by atoms with van der Waals surface area (Å²) in [7, 11) is 2.10. The van der Waals surface area contributed by atoms with Gasteiger partial charge in [-0.2, -0.15) is 0 Å². The van der Waals surface area contributed by atoms with Crippen molar-refractivity contribution >= 4 is 6.03 Å². The minimum absolute atomic E-state index is 0.178. The van der Waals surface area contributed by atoms with Crippen molar-refractivity contribution in [1.82, 2.24) is 20.4 Å². The van der Waals surface area contributed by atoms with E-state index in [9.17, 15) is 13.6 Å². The summed E-state index contributed by atoms with van der Waals surface area (Å²) in [5, 5.41) is 5.44. The molecule has 1 saturated heterocycles. The van der Waals surface area contributed by atoms with Gasteiger partial charge in [0.1, 0.15) is 12.4 Å². The van der Waals surface area contributed by atoms with Crippen molar-refractivity contribution in [1.29, 1.82) is 0 Å². The van der Waals surface area contributed by atoms with Crippen LogP contribution in [0.1, 0.15) is 0 Å². The maximum absolute atomic E-state index is 13.0. The Morgan fingerprint density at radius 3 is 2.54 bits per heavy atom. The molecule has 1 fully saturated rings. The van der Waals surface area contributed by atoms with Gasteiger partial charge in [0.25, 0.3) is 0 Å². The summed E-state index contributed by atoms with van der Waals surface area (Å²) in [6, 6.07) is 3.06. The SMILES string of the molecule is CN1CCN(CCNC(=O)NCCOc2ccc(F)c(F)c2)CC1. The van der Waals surface area contributed by atoms with Gasteiger partial charge >= 0.3 is 6.03 Å². The molecule has 0 aromatic heterocycles. The van der Waals surface area contributed by atoms with Gasteiger partial charge in [-0.1, -0.05) is 0 Å². The van der Waals surface area contributed by atoms with Crippen LogP contribution in [0, 0.1) is 11.6 Å². The van der Waals surface area contributed by atoms with Crippen LogP contribution in [-0.4, -0.2) is 75.3 Å². The molecule has 0 radical (unpaired) electrons. The lowest BCUT2D eigenvalue weighted by atomic mass is 10.3. The largest absolute Gasteiger partial charge is 0.492 e. The molecule has 2 amide bonds. The molecule has 2 N–H and O–H groups in total. The van der Waals surface area contributed by atoms with E-state index in [1.165, 1.54) is 6.07 Å². The number of ether oxygens (including phenoxy) is 1. The van der Waals surface area contributed by atoms with E-state index in [4.69, 9.17) is 4.74 Å². The lowest BCUT2D eigenvalue weighted by Crippen LogP contribution is -2.48. The highest BCUT2D eigenvalue weighted by Crippen LogP contribution is 2.14. The Labute approximate surface area is 140 Å². The summed E-state index contributed by atoms with van der Waals surface area (Å²) >= 11 is 0. The lowest BCUT2D eigenvalue weighted by molar-refractivity contribution is 0.155. The fraction of sp³-hybridized carbons (Fsp3) is 0.562. The van der Waals surface area contributed by atoms with Gasteiger partial charge in [0.15, 0.2) is 11.6 Å². The van der Waals surface area contributed by atoms with E-state index in [0.29, 0.717) is 6.54 Å². The van der Waals surface area contributed by atoms with E-state index in [1.807, 2.05) is 0 Å². The predicted octanol–water partition coefficient (Wildman–Crippen LogP) is 0.890. The first-order valence-corrected chi connectivity index (χ1v) is 8.05. The molecule has 0 saturated carbocycles. The highest BCUT2D eigenvalue weighted by atomic mass is 19.2. The number of hydrogen-bond acceptors (Lipinski definition) is 4. The number of amides is 2. The van der Waals surface area contributed by atoms with Gasteiger partial charge in [-0.3, -0.25) is 4.90 Å². The number of nitrogens with one attached hydrogen (secondary N) is 2. The van der Waals surface area contributed by atoms with Crippen LogP contribution < -0.4 is 15.4 Å². The molecule has 6 nitrogen and oxygen atoms in total. The van der Waals surface area contributed by atoms with E-state index in [0.717, 1.165) is 44.9 Å². The third-order valence-corrected chi connectivity index (χ3v) is 3.86. The molecule has 0 spiro atoms. The fourth-order valence-corrected chi connectivity index (χ4v) is 2.36. The number of piperazine rings is 1. The molecular formula is C16H24F2N4O2. The van der Waals surface area contributed by atoms with Gasteiger partial charge in [0.05, 0.1) is 6.54 Å². The number of urea groups is 1. The van der Waals surface area contributed by atoms with Crippen molar-refractivity contribution in [2.24, 2.45) is 0 Å². The van der Waals surface area contributed by atoms with Crippen molar-refractivity contribution in [3.63, 3.8) is 0 Å². The van der Waals surface area contributed by atoms with Gasteiger partial charge in [0.2, 0.25) is 0 Å². The normalized spacial score (nSPS) is 16.0. The lowest BCUT2D eigenvalue weighted by Gasteiger charge is -2.32. The van der Waals surface area contributed by atoms with E-state index in [2.05, 4.69) is 27.5 Å². The summed E-state index contributed by atoms with van der Waals surface area (Å²) < 4.78 is 31.0.